The summed E-state index contributed by atoms with van der Waals surface area (Å²) in [5.74, 6) is 0. The van der Waals surface area contributed by atoms with Crippen molar-refractivity contribution < 1.29 is 4.42 Å². The summed E-state index contributed by atoms with van der Waals surface area (Å²) in [5, 5.41) is 11.2. The van der Waals surface area contributed by atoms with Crippen LogP contribution >= 0.6 is 0 Å². The van der Waals surface area contributed by atoms with Gasteiger partial charge in [0.2, 0.25) is 0 Å². The summed E-state index contributed by atoms with van der Waals surface area (Å²) in [4.78, 5) is 5.65. The minimum Gasteiger partial charge on any atom is -0.456 e. The molecule has 1 N–H and O–H groups in total. The minimum atomic E-state index is -0.298. The number of hydrogen-bond acceptors (Lipinski definition) is 3. The fraction of sp³-hybridized carbons (Fsp3) is 0.0784. The molecule has 54 heavy (non-hydrogen) atoms. The number of aliphatic imine (C=N–C) groups is 1. The van der Waals surface area contributed by atoms with Crippen molar-refractivity contribution in [2.45, 2.75) is 25.9 Å². The Morgan fingerprint density at radius 1 is 0.500 bits per heavy atom. The molecule has 0 saturated carbocycles. The second-order valence-electron chi connectivity index (χ2n) is 14.3. The zero-order valence-electron chi connectivity index (χ0n) is 30.1. The summed E-state index contributed by atoms with van der Waals surface area (Å²) >= 11 is 0. The normalized spacial score (nSPS) is 17.3. The second kappa shape index (κ2) is 13.4. The number of benzene rings is 8. The van der Waals surface area contributed by atoms with Crippen molar-refractivity contribution in [2.24, 2.45) is 4.99 Å². The van der Waals surface area contributed by atoms with Crippen LogP contribution in [0.25, 0.3) is 71.4 Å². The Morgan fingerprint density at radius 2 is 1.11 bits per heavy atom. The number of para-hydroxylation sites is 1. The molecule has 0 bridgehead atoms. The van der Waals surface area contributed by atoms with E-state index in [1.54, 1.807) is 0 Å². The molecule has 0 amide bonds. The van der Waals surface area contributed by atoms with E-state index in [0.29, 0.717) is 0 Å². The van der Waals surface area contributed by atoms with Gasteiger partial charge in [0.05, 0.1) is 0 Å². The molecule has 0 saturated heterocycles. The molecular weight excluding hydrogens is 657 g/mol. The van der Waals surface area contributed by atoms with Crippen LogP contribution < -0.4 is 5.32 Å². The summed E-state index contributed by atoms with van der Waals surface area (Å²) in [6, 6.07) is 63.0. The van der Waals surface area contributed by atoms with Crippen molar-refractivity contribution in [3.63, 3.8) is 0 Å². The second-order valence-corrected chi connectivity index (χ2v) is 14.3. The van der Waals surface area contributed by atoms with E-state index in [2.05, 4.69) is 176 Å². The molecule has 2 heterocycles. The van der Waals surface area contributed by atoms with Crippen molar-refractivity contribution in [2.75, 3.05) is 0 Å². The zero-order valence-corrected chi connectivity index (χ0v) is 30.1. The number of rotatable bonds is 5. The first-order valence-corrected chi connectivity index (χ1v) is 18.8. The lowest BCUT2D eigenvalue weighted by atomic mass is 9.90. The van der Waals surface area contributed by atoms with Crippen LogP contribution in [0.5, 0.6) is 0 Å². The van der Waals surface area contributed by atoms with Gasteiger partial charge in [-0.1, -0.05) is 152 Å². The lowest BCUT2D eigenvalue weighted by molar-refractivity contribution is 0.657. The van der Waals surface area contributed by atoms with E-state index in [9.17, 15) is 0 Å². The predicted octanol–water partition coefficient (Wildman–Crippen LogP) is 13.5. The van der Waals surface area contributed by atoms with Crippen molar-refractivity contribution in [3.8, 4) is 22.3 Å². The third kappa shape index (κ3) is 5.75. The van der Waals surface area contributed by atoms with Gasteiger partial charge >= 0.3 is 0 Å². The van der Waals surface area contributed by atoms with Crippen LogP contribution in [0.2, 0.25) is 0 Å². The molecule has 8 aromatic carbocycles. The van der Waals surface area contributed by atoms with Gasteiger partial charge in [-0.25, -0.2) is 0 Å². The topological polar surface area (TPSA) is 37.5 Å². The number of hydrogen-bond donors (Lipinski definition) is 1. The van der Waals surface area contributed by atoms with Gasteiger partial charge in [-0.05, 0) is 105 Å². The number of fused-ring (bicyclic) bond motifs is 5. The first-order chi connectivity index (χ1) is 26.7. The van der Waals surface area contributed by atoms with E-state index in [0.717, 1.165) is 68.4 Å². The molecule has 1 atom stereocenters. The zero-order chi connectivity index (χ0) is 36.0. The Hall–Kier alpha value is -6.71. The average molecular weight is 695 g/mol. The monoisotopic (exact) mass is 694 g/mol. The number of allylic oxidation sites excluding steroid dienone is 1. The lowest BCUT2D eigenvalue weighted by Gasteiger charge is -2.26. The van der Waals surface area contributed by atoms with E-state index >= 15 is 0 Å². The van der Waals surface area contributed by atoms with Gasteiger partial charge in [-0.3, -0.25) is 4.99 Å². The van der Waals surface area contributed by atoms with Crippen molar-refractivity contribution in [1.29, 1.82) is 0 Å². The Kier molecular flexibility index (Phi) is 7.91. The molecule has 3 heteroatoms. The highest BCUT2D eigenvalue weighted by Crippen LogP contribution is 2.39. The highest BCUT2D eigenvalue weighted by molar-refractivity contribution is 6.15. The Morgan fingerprint density at radius 3 is 1.93 bits per heavy atom. The van der Waals surface area contributed by atoms with Gasteiger partial charge in [0, 0.05) is 27.7 Å². The molecule has 3 nitrogen and oxygen atoms in total. The van der Waals surface area contributed by atoms with Gasteiger partial charge in [0.1, 0.15) is 17.3 Å². The summed E-state index contributed by atoms with van der Waals surface area (Å²) in [5.41, 5.74) is 13.5. The molecule has 0 radical (unpaired) electrons. The molecule has 0 spiro atoms. The minimum absolute atomic E-state index is 0.298. The third-order valence-electron chi connectivity index (χ3n) is 11.0. The molecule has 1 unspecified atom stereocenters. The largest absolute Gasteiger partial charge is 0.456 e. The molecule has 0 fully saturated rings. The maximum absolute atomic E-state index is 6.32. The first-order valence-electron chi connectivity index (χ1n) is 18.8. The summed E-state index contributed by atoms with van der Waals surface area (Å²) in [6.45, 7) is 2.27. The van der Waals surface area contributed by atoms with E-state index in [4.69, 9.17) is 9.41 Å². The van der Waals surface area contributed by atoms with Crippen LogP contribution in [-0.4, -0.2) is 5.71 Å². The maximum atomic E-state index is 6.32. The van der Waals surface area contributed by atoms with Crippen molar-refractivity contribution in [3.05, 3.63) is 198 Å². The van der Waals surface area contributed by atoms with Crippen molar-refractivity contribution in [1.82, 2.24) is 5.32 Å². The Balaban J connectivity index is 1.07. The molecule has 9 aromatic rings. The number of nitrogens with one attached hydrogen (secondary N) is 1. The molecule has 1 aromatic heterocycles. The fourth-order valence-corrected chi connectivity index (χ4v) is 8.18. The van der Waals surface area contributed by atoms with Crippen molar-refractivity contribution >= 4 is 54.9 Å². The Bertz CT molecular complexity index is 2930. The smallest absolute Gasteiger partial charge is 0.145 e. The predicted molar refractivity (Wildman–Crippen MR) is 227 cm³/mol. The molecule has 0 aliphatic carbocycles. The van der Waals surface area contributed by atoms with E-state index in [-0.39, 0.29) is 6.17 Å². The molecular formula is C51H38N2O. The third-order valence-corrected chi connectivity index (χ3v) is 11.0. The van der Waals surface area contributed by atoms with Gasteiger partial charge in [-0.2, -0.15) is 0 Å². The van der Waals surface area contributed by atoms with E-state index in [1.807, 2.05) is 12.1 Å². The lowest BCUT2D eigenvalue weighted by Crippen LogP contribution is -2.23. The summed E-state index contributed by atoms with van der Waals surface area (Å²) in [7, 11) is 0. The van der Waals surface area contributed by atoms with Gasteiger partial charge in [0.15, 0.2) is 0 Å². The SMILES string of the molecule is C/C1=C(\c2ccc(-c3ccc4ccccc4c3)cc2)NC(c2ccc3ccccc3c2)/N=C(/c2ccccc2-c2cccc3oc4ccccc4c23)CC1. The quantitative estimate of drug-likeness (QED) is 0.195. The number of nitrogens with zero attached hydrogens (tertiary/aromatic N) is 1. The molecule has 1 aliphatic heterocycles. The van der Waals surface area contributed by atoms with E-state index in [1.165, 1.54) is 43.8 Å². The van der Waals surface area contributed by atoms with E-state index < -0.39 is 0 Å². The fourth-order valence-electron chi connectivity index (χ4n) is 8.18. The van der Waals surface area contributed by atoms with Crippen LogP contribution in [-0.2, 0) is 0 Å². The van der Waals surface area contributed by atoms with Crippen LogP contribution in [0.4, 0.5) is 0 Å². The highest BCUT2D eigenvalue weighted by atomic mass is 16.3. The Labute approximate surface area is 314 Å². The molecule has 258 valence electrons. The summed E-state index contributed by atoms with van der Waals surface area (Å²) < 4.78 is 6.32. The van der Waals surface area contributed by atoms with Crippen LogP contribution in [0.1, 0.15) is 42.6 Å². The van der Waals surface area contributed by atoms with Crippen LogP contribution in [0.15, 0.2) is 191 Å². The average Bonchev–Trinajstić information content (AvgIpc) is 3.61. The molecule has 10 rings (SSSR count). The highest BCUT2D eigenvalue weighted by Gasteiger charge is 2.23. The van der Waals surface area contributed by atoms with Crippen LogP contribution in [0.3, 0.4) is 0 Å². The molecule has 1 aliphatic rings. The number of furan rings is 1. The maximum Gasteiger partial charge on any atom is 0.145 e. The van der Waals surface area contributed by atoms with Crippen LogP contribution in [0, 0.1) is 0 Å². The van der Waals surface area contributed by atoms with Gasteiger partial charge in [-0.15, -0.1) is 0 Å². The van der Waals surface area contributed by atoms with Gasteiger partial charge < -0.3 is 9.73 Å². The summed E-state index contributed by atoms with van der Waals surface area (Å²) in [6.07, 6.45) is 1.40. The van der Waals surface area contributed by atoms with Gasteiger partial charge in [0.25, 0.3) is 0 Å². The standard InChI is InChI=1S/C51H38N2O/c1-33-21-30-46(43-16-7-6-15-42(43)44-18-10-20-48-49(44)45-17-8-9-19-47(45)54-48)52-51(41-29-25-35-12-3-5-14-39(35)32-41)53-50(33)37-26-22-36(23-27-37)40-28-24-34-11-2-4-13-38(34)31-40/h2-20,22-29,31-32,51,53H,21,30H2,1H3/b50-33-,52-46+. The first kappa shape index (κ1) is 32.0.